The van der Waals surface area contributed by atoms with Gasteiger partial charge in [-0.05, 0) is 29.0 Å². The molecule has 1 aliphatic carbocycles. The Morgan fingerprint density at radius 2 is 1.86 bits per heavy atom. The van der Waals surface area contributed by atoms with Crippen LogP contribution in [0, 0.1) is 10.8 Å². The van der Waals surface area contributed by atoms with Gasteiger partial charge < -0.3 is 15.2 Å². The zero-order valence-electron chi connectivity index (χ0n) is 12.9. The molecule has 1 aliphatic rings. The van der Waals surface area contributed by atoms with Gasteiger partial charge in [0.1, 0.15) is 18.5 Å². The van der Waals surface area contributed by atoms with E-state index in [2.05, 4.69) is 33.0 Å². The minimum absolute atomic E-state index is 0.196. The Hall–Kier alpha value is -0.480. The van der Waals surface area contributed by atoms with E-state index in [1.165, 1.54) is 0 Å². The first-order valence-corrected chi connectivity index (χ1v) is 7.91. The molecule has 1 aromatic rings. The highest BCUT2D eigenvalue weighted by Gasteiger charge is 2.64. The lowest BCUT2D eigenvalue weighted by atomic mass is 10.0. The van der Waals surface area contributed by atoms with Crippen LogP contribution in [-0.2, 0) is 0 Å². The number of benzene rings is 1. The van der Waals surface area contributed by atoms with Crippen molar-refractivity contribution in [2.24, 2.45) is 10.8 Å². The normalized spacial score (nSPS) is 21.1. The van der Waals surface area contributed by atoms with Crippen LogP contribution in [0.5, 0.6) is 5.75 Å². The van der Waals surface area contributed by atoms with Crippen LogP contribution in [0.2, 0.25) is 10.0 Å². The lowest BCUT2D eigenvalue weighted by molar-refractivity contribution is 0.105. The fourth-order valence-corrected chi connectivity index (χ4v) is 3.26. The third-order valence-electron chi connectivity index (χ3n) is 4.90. The van der Waals surface area contributed by atoms with E-state index in [4.69, 9.17) is 27.9 Å². The van der Waals surface area contributed by atoms with Crippen LogP contribution in [0.25, 0.3) is 0 Å². The third kappa shape index (κ3) is 3.48. The zero-order chi connectivity index (χ0) is 15.8. The van der Waals surface area contributed by atoms with Crippen molar-refractivity contribution in [2.45, 2.75) is 39.8 Å². The number of rotatable bonds is 6. The molecule has 0 saturated heterocycles. The maximum absolute atomic E-state index is 10.0. The standard InChI is InChI=1S/C16H23Cl2NO2/c1-15(2)14(16(15,3)4)19-8-11(20)9-21-13-6-5-10(17)7-12(13)18/h5-7,11,14,19-20H,8-9H2,1-4H3. The Bertz CT molecular complexity index is 503. The Kier molecular flexibility index (Phi) is 4.79. The van der Waals surface area contributed by atoms with Gasteiger partial charge in [0.2, 0.25) is 0 Å². The van der Waals surface area contributed by atoms with Gasteiger partial charge in [-0.15, -0.1) is 0 Å². The number of ether oxygens (including phenoxy) is 1. The average Bonchev–Trinajstić information content (AvgIpc) is 2.76. The highest BCUT2D eigenvalue weighted by molar-refractivity contribution is 6.35. The molecule has 3 nitrogen and oxygen atoms in total. The van der Waals surface area contributed by atoms with Crippen molar-refractivity contribution in [3.63, 3.8) is 0 Å². The fourth-order valence-electron chi connectivity index (χ4n) is 2.80. The Labute approximate surface area is 136 Å². The van der Waals surface area contributed by atoms with E-state index < -0.39 is 6.10 Å². The van der Waals surface area contributed by atoms with Crippen molar-refractivity contribution >= 4 is 23.2 Å². The number of hydrogen-bond donors (Lipinski definition) is 2. The van der Waals surface area contributed by atoms with Crippen LogP contribution in [-0.4, -0.2) is 30.4 Å². The summed E-state index contributed by atoms with van der Waals surface area (Å²) >= 11 is 11.8. The highest BCUT2D eigenvalue weighted by atomic mass is 35.5. The average molecular weight is 332 g/mol. The van der Waals surface area contributed by atoms with Gasteiger partial charge in [0, 0.05) is 17.6 Å². The van der Waals surface area contributed by atoms with Crippen molar-refractivity contribution in [2.75, 3.05) is 13.2 Å². The molecule has 0 radical (unpaired) electrons. The molecule has 21 heavy (non-hydrogen) atoms. The predicted octanol–water partition coefficient (Wildman–Crippen LogP) is 3.76. The molecule has 5 heteroatoms. The van der Waals surface area contributed by atoms with Crippen LogP contribution in [0.4, 0.5) is 0 Å². The van der Waals surface area contributed by atoms with E-state index in [1.807, 2.05) is 0 Å². The monoisotopic (exact) mass is 331 g/mol. The highest BCUT2D eigenvalue weighted by Crippen LogP contribution is 2.62. The van der Waals surface area contributed by atoms with Crippen molar-refractivity contribution in [1.82, 2.24) is 5.32 Å². The predicted molar refractivity (Wildman–Crippen MR) is 87.3 cm³/mol. The van der Waals surface area contributed by atoms with Gasteiger partial charge in [0.05, 0.1) is 5.02 Å². The minimum Gasteiger partial charge on any atom is -0.489 e. The summed E-state index contributed by atoms with van der Waals surface area (Å²) in [6.45, 7) is 9.65. The van der Waals surface area contributed by atoms with Crippen LogP contribution >= 0.6 is 23.2 Å². The largest absolute Gasteiger partial charge is 0.489 e. The molecule has 1 aromatic carbocycles. The van der Waals surface area contributed by atoms with Gasteiger partial charge in [-0.1, -0.05) is 50.9 Å². The Morgan fingerprint density at radius 3 is 2.38 bits per heavy atom. The second kappa shape index (κ2) is 5.96. The van der Waals surface area contributed by atoms with Crippen LogP contribution in [0.1, 0.15) is 27.7 Å². The molecule has 1 fully saturated rings. The van der Waals surface area contributed by atoms with Gasteiger partial charge in [0.25, 0.3) is 0 Å². The molecule has 1 unspecified atom stereocenters. The number of aliphatic hydroxyl groups excluding tert-OH is 1. The number of hydrogen-bond acceptors (Lipinski definition) is 3. The molecule has 0 heterocycles. The molecule has 1 atom stereocenters. The second-order valence-electron chi connectivity index (χ2n) is 6.82. The summed E-state index contributed by atoms with van der Waals surface area (Å²) < 4.78 is 5.53. The van der Waals surface area contributed by atoms with Gasteiger partial charge >= 0.3 is 0 Å². The molecule has 0 amide bonds. The van der Waals surface area contributed by atoms with Gasteiger partial charge in [-0.25, -0.2) is 0 Å². The SMILES string of the molecule is CC1(C)C(NCC(O)COc2ccc(Cl)cc2Cl)C1(C)C. The summed E-state index contributed by atoms with van der Waals surface area (Å²) in [6, 6.07) is 5.46. The van der Waals surface area contributed by atoms with Gasteiger partial charge in [-0.2, -0.15) is 0 Å². The van der Waals surface area contributed by atoms with Crippen molar-refractivity contribution in [3.8, 4) is 5.75 Å². The fraction of sp³-hybridized carbons (Fsp3) is 0.625. The third-order valence-corrected chi connectivity index (χ3v) is 5.43. The molecule has 0 bridgehead atoms. The topological polar surface area (TPSA) is 41.5 Å². The molecule has 0 aromatic heterocycles. The first-order chi connectivity index (χ1) is 9.66. The molecule has 2 N–H and O–H groups in total. The van der Waals surface area contributed by atoms with Gasteiger partial charge in [0.15, 0.2) is 0 Å². The van der Waals surface area contributed by atoms with E-state index in [0.717, 1.165) is 0 Å². The Balaban J connectivity index is 1.77. The van der Waals surface area contributed by atoms with Gasteiger partial charge in [-0.3, -0.25) is 0 Å². The van der Waals surface area contributed by atoms with E-state index >= 15 is 0 Å². The molecule has 118 valence electrons. The van der Waals surface area contributed by atoms with E-state index in [9.17, 15) is 5.11 Å². The lowest BCUT2D eigenvalue weighted by Gasteiger charge is -2.15. The molecule has 2 rings (SSSR count). The number of nitrogens with one attached hydrogen (secondary N) is 1. The molecule has 0 spiro atoms. The minimum atomic E-state index is -0.580. The number of aliphatic hydroxyl groups is 1. The summed E-state index contributed by atoms with van der Waals surface area (Å²) in [7, 11) is 0. The van der Waals surface area contributed by atoms with Crippen molar-refractivity contribution < 1.29 is 9.84 Å². The van der Waals surface area contributed by atoms with E-state index in [-0.39, 0.29) is 17.4 Å². The first-order valence-electron chi connectivity index (χ1n) is 7.15. The lowest BCUT2D eigenvalue weighted by Crippen LogP contribution is -2.34. The molecular formula is C16H23Cl2NO2. The van der Waals surface area contributed by atoms with Crippen molar-refractivity contribution in [1.29, 1.82) is 0 Å². The Morgan fingerprint density at radius 1 is 1.24 bits per heavy atom. The molecule has 1 saturated carbocycles. The molecule has 0 aliphatic heterocycles. The van der Waals surface area contributed by atoms with Crippen LogP contribution in [0.15, 0.2) is 18.2 Å². The van der Waals surface area contributed by atoms with Crippen LogP contribution in [0.3, 0.4) is 0 Å². The maximum atomic E-state index is 10.0. The summed E-state index contributed by atoms with van der Waals surface area (Å²) in [4.78, 5) is 0. The van der Waals surface area contributed by atoms with E-state index in [0.29, 0.717) is 28.4 Å². The summed E-state index contributed by atoms with van der Waals surface area (Å²) in [6.07, 6.45) is -0.580. The molecular weight excluding hydrogens is 309 g/mol. The smallest absolute Gasteiger partial charge is 0.138 e. The summed E-state index contributed by atoms with van der Waals surface area (Å²) in [5, 5.41) is 14.4. The quantitative estimate of drug-likeness (QED) is 0.833. The maximum Gasteiger partial charge on any atom is 0.138 e. The zero-order valence-corrected chi connectivity index (χ0v) is 14.4. The van der Waals surface area contributed by atoms with Crippen LogP contribution < -0.4 is 10.1 Å². The second-order valence-corrected chi connectivity index (χ2v) is 7.67. The summed E-state index contributed by atoms with van der Waals surface area (Å²) in [5.74, 6) is 0.534. The number of halogens is 2. The van der Waals surface area contributed by atoms with Crippen molar-refractivity contribution in [3.05, 3.63) is 28.2 Å². The van der Waals surface area contributed by atoms with E-state index in [1.54, 1.807) is 18.2 Å². The summed E-state index contributed by atoms with van der Waals surface area (Å²) in [5.41, 5.74) is 0.514. The first kappa shape index (κ1) is 16.9.